The lowest BCUT2D eigenvalue weighted by Crippen LogP contribution is -2.28. The number of aromatic nitrogens is 1. The molecular weight excluding hydrogens is 190 g/mol. The van der Waals surface area contributed by atoms with E-state index in [4.69, 9.17) is 5.73 Å². The fraction of sp³-hybridized carbons (Fsp3) is 0.455. The molecule has 0 saturated heterocycles. The topological polar surface area (TPSA) is 68.0 Å². The number of nitrogens with zero attached hydrogens (tertiary/aromatic N) is 1. The highest BCUT2D eigenvalue weighted by molar-refractivity contribution is 5.94. The van der Waals surface area contributed by atoms with Crippen molar-refractivity contribution in [2.45, 2.75) is 27.7 Å². The molecule has 1 aromatic rings. The van der Waals surface area contributed by atoms with Gasteiger partial charge in [-0.2, -0.15) is 0 Å². The van der Waals surface area contributed by atoms with Crippen LogP contribution in [0.25, 0.3) is 0 Å². The summed E-state index contributed by atoms with van der Waals surface area (Å²) in [4.78, 5) is 15.8. The van der Waals surface area contributed by atoms with Gasteiger partial charge in [-0.25, -0.2) is 4.98 Å². The van der Waals surface area contributed by atoms with E-state index in [2.05, 4.69) is 10.3 Å². The Kier molecular flexibility index (Phi) is 2.98. The zero-order valence-electron chi connectivity index (χ0n) is 9.59. The summed E-state index contributed by atoms with van der Waals surface area (Å²) >= 11 is 0. The van der Waals surface area contributed by atoms with Gasteiger partial charge in [-0.3, -0.25) is 4.79 Å². The average Bonchev–Trinajstić information content (AvgIpc) is 2.08. The number of nitrogen functional groups attached to an aromatic ring is 1. The maximum absolute atomic E-state index is 11.7. The lowest BCUT2D eigenvalue weighted by Gasteiger charge is -2.18. The first-order valence-corrected chi connectivity index (χ1v) is 4.84. The Bertz CT molecular complexity index is 380. The van der Waals surface area contributed by atoms with Crippen molar-refractivity contribution in [1.29, 1.82) is 0 Å². The van der Waals surface area contributed by atoms with Crippen LogP contribution in [-0.4, -0.2) is 10.9 Å². The second-order valence-corrected chi connectivity index (χ2v) is 4.64. The van der Waals surface area contributed by atoms with Gasteiger partial charge >= 0.3 is 0 Å². The first-order chi connectivity index (χ1) is 6.80. The highest BCUT2D eigenvalue weighted by atomic mass is 16.2. The van der Waals surface area contributed by atoms with Crippen molar-refractivity contribution in [3.8, 4) is 0 Å². The zero-order valence-corrected chi connectivity index (χ0v) is 9.59. The molecule has 0 bridgehead atoms. The van der Waals surface area contributed by atoms with E-state index in [9.17, 15) is 4.79 Å². The number of nitrogens with two attached hydrogens (primary N) is 1. The molecule has 1 amide bonds. The van der Waals surface area contributed by atoms with E-state index in [1.807, 2.05) is 27.7 Å². The van der Waals surface area contributed by atoms with Crippen LogP contribution < -0.4 is 11.1 Å². The number of carbonyl (C=O) groups is 1. The van der Waals surface area contributed by atoms with Gasteiger partial charge in [0.15, 0.2) is 0 Å². The molecule has 3 N–H and O–H groups in total. The normalized spacial score (nSPS) is 11.2. The van der Waals surface area contributed by atoms with Gasteiger partial charge in [0.05, 0.1) is 11.9 Å². The number of amides is 1. The molecule has 0 unspecified atom stereocenters. The molecule has 0 fully saturated rings. The number of hydrogen-bond acceptors (Lipinski definition) is 3. The summed E-state index contributed by atoms with van der Waals surface area (Å²) in [5.74, 6) is 0.520. The fourth-order valence-electron chi connectivity index (χ4n) is 1.02. The number of anilines is 2. The van der Waals surface area contributed by atoms with Crippen molar-refractivity contribution in [2.75, 3.05) is 11.1 Å². The van der Waals surface area contributed by atoms with Crippen LogP contribution in [0.2, 0.25) is 0 Å². The molecule has 0 aliphatic carbocycles. The van der Waals surface area contributed by atoms with E-state index in [0.717, 1.165) is 5.56 Å². The zero-order chi connectivity index (χ0) is 11.6. The van der Waals surface area contributed by atoms with E-state index in [-0.39, 0.29) is 5.91 Å². The van der Waals surface area contributed by atoms with Gasteiger partial charge in [0, 0.05) is 5.41 Å². The van der Waals surface area contributed by atoms with Gasteiger partial charge in [-0.05, 0) is 18.6 Å². The minimum Gasteiger partial charge on any atom is -0.397 e. The van der Waals surface area contributed by atoms with Crippen LogP contribution >= 0.6 is 0 Å². The van der Waals surface area contributed by atoms with E-state index >= 15 is 0 Å². The third-order valence-electron chi connectivity index (χ3n) is 2.01. The maximum atomic E-state index is 11.7. The molecule has 0 radical (unpaired) electrons. The summed E-state index contributed by atoms with van der Waals surface area (Å²) in [5.41, 5.74) is 6.61. The summed E-state index contributed by atoms with van der Waals surface area (Å²) in [7, 11) is 0. The molecule has 1 rings (SSSR count). The van der Waals surface area contributed by atoms with Gasteiger partial charge in [0.25, 0.3) is 0 Å². The lowest BCUT2D eigenvalue weighted by atomic mass is 9.96. The van der Waals surface area contributed by atoms with Crippen LogP contribution in [-0.2, 0) is 4.79 Å². The smallest absolute Gasteiger partial charge is 0.230 e. The Labute approximate surface area is 89.9 Å². The van der Waals surface area contributed by atoms with Gasteiger partial charge in [0.2, 0.25) is 5.91 Å². The van der Waals surface area contributed by atoms with Gasteiger partial charge in [-0.1, -0.05) is 20.8 Å². The van der Waals surface area contributed by atoms with E-state index in [1.54, 1.807) is 6.07 Å². The van der Waals surface area contributed by atoms with Crippen LogP contribution in [0.3, 0.4) is 0 Å². The fourth-order valence-corrected chi connectivity index (χ4v) is 1.02. The number of aryl methyl sites for hydroxylation is 1. The van der Waals surface area contributed by atoms with Crippen molar-refractivity contribution >= 4 is 17.4 Å². The van der Waals surface area contributed by atoms with Gasteiger partial charge < -0.3 is 11.1 Å². The van der Waals surface area contributed by atoms with Crippen LogP contribution in [0, 0.1) is 12.3 Å². The quantitative estimate of drug-likeness (QED) is 0.739. The molecular formula is C11H17N3O. The second-order valence-electron chi connectivity index (χ2n) is 4.64. The Morgan fingerprint density at radius 2 is 2.07 bits per heavy atom. The van der Waals surface area contributed by atoms with Crippen LogP contribution in [0.1, 0.15) is 26.3 Å². The predicted molar refractivity (Wildman–Crippen MR) is 61.5 cm³/mol. The molecule has 15 heavy (non-hydrogen) atoms. The van der Waals surface area contributed by atoms with Crippen molar-refractivity contribution in [3.63, 3.8) is 0 Å². The summed E-state index contributed by atoms with van der Waals surface area (Å²) < 4.78 is 0. The van der Waals surface area contributed by atoms with E-state index < -0.39 is 5.41 Å². The van der Waals surface area contributed by atoms with E-state index in [0.29, 0.717) is 11.5 Å². The van der Waals surface area contributed by atoms with Crippen LogP contribution in [0.15, 0.2) is 12.3 Å². The molecule has 0 spiro atoms. The maximum Gasteiger partial charge on any atom is 0.230 e. The molecule has 0 saturated carbocycles. The highest BCUT2D eigenvalue weighted by Gasteiger charge is 2.21. The van der Waals surface area contributed by atoms with E-state index in [1.165, 1.54) is 6.20 Å². The number of hydrogen-bond donors (Lipinski definition) is 2. The monoisotopic (exact) mass is 207 g/mol. The Balaban J connectivity index is 2.87. The molecule has 0 aliphatic heterocycles. The second kappa shape index (κ2) is 3.88. The highest BCUT2D eigenvalue weighted by Crippen LogP contribution is 2.19. The van der Waals surface area contributed by atoms with Crippen molar-refractivity contribution in [3.05, 3.63) is 17.8 Å². The van der Waals surface area contributed by atoms with Crippen LogP contribution in [0.4, 0.5) is 11.5 Å². The number of carbonyl (C=O) groups excluding carboxylic acids is 1. The minimum absolute atomic E-state index is 0.0529. The first kappa shape index (κ1) is 11.5. The molecule has 4 nitrogen and oxygen atoms in total. The van der Waals surface area contributed by atoms with Gasteiger partial charge in [0.1, 0.15) is 5.82 Å². The SMILES string of the molecule is Cc1cc(N)cnc1NC(=O)C(C)(C)C. The number of pyridine rings is 1. The molecule has 0 aliphatic rings. The Morgan fingerprint density at radius 3 is 2.53 bits per heavy atom. The lowest BCUT2D eigenvalue weighted by molar-refractivity contribution is -0.123. The van der Waals surface area contributed by atoms with Crippen molar-refractivity contribution in [1.82, 2.24) is 4.98 Å². The van der Waals surface area contributed by atoms with Crippen LogP contribution in [0.5, 0.6) is 0 Å². The molecule has 1 aromatic heterocycles. The predicted octanol–water partition coefficient (Wildman–Crippen LogP) is 1.96. The Morgan fingerprint density at radius 1 is 1.47 bits per heavy atom. The largest absolute Gasteiger partial charge is 0.397 e. The molecule has 0 atom stereocenters. The molecule has 1 heterocycles. The first-order valence-electron chi connectivity index (χ1n) is 4.84. The third kappa shape index (κ3) is 2.94. The molecule has 0 aromatic carbocycles. The summed E-state index contributed by atoms with van der Waals surface area (Å²) in [6.45, 7) is 7.43. The Hall–Kier alpha value is -1.58. The third-order valence-corrected chi connectivity index (χ3v) is 2.01. The number of rotatable bonds is 1. The number of nitrogens with one attached hydrogen (secondary N) is 1. The minimum atomic E-state index is -0.421. The summed E-state index contributed by atoms with van der Waals surface area (Å²) in [6, 6.07) is 1.78. The molecule has 4 heteroatoms. The summed E-state index contributed by atoms with van der Waals surface area (Å²) in [5, 5.41) is 2.77. The van der Waals surface area contributed by atoms with Crippen molar-refractivity contribution < 1.29 is 4.79 Å². The van der Waals surface area contributed by atoms with Gasteiger partial charge in [-0.15, -0.1) is 0 Å². The standard InChI is InChI=1S/C11H17N3O/c1-7-5-8(12)6-13-9(7)14-10(15)11(2,3)4/h5-6H,12H2,1-4H3,(H,13,14,15). The summed E-state index contributed by atoms with van der Waals surface area (Å²) in [6.07, 6.45) is 1.53. The average molecular weight is 207 g/mol. The van der Waals surface area contributed by atoms with Crippen molar-refractivity contribution in [2.24, 2.45) is 5.41 Å². The molecule has 82 valence electrons.